The lowest BCUT2D eigenvalue weighted by molar-refractivity contribution is 1.17. The van der Waals surface area contributed by atoms with Crippen molar-refractivity contribution >= 4 is 88.5 Å². The summed E-state index contributed by atoms with van der Waals surface area (Å²) in [5.74, 6) is 0. The summed E-state index contributed by atoms with van der Waals surface area (Å²) in [6.07, 6.45) is 0. The first-order valence-corrected chi connectivity index (χ1v) is 25.3. The van der Waals surface area contributed by atoms with Gasteiger partial charge in [0, 0.05) is 66.4 Å². The van der Waals surface area contributed by atoms with Gasteiger partial charge in [-0.2, -0.15) is 0 Å². The highest BCUT2D eigenvalue weighted by molar-refractivity contribution is 6.14. The van der Waals surface area contributed by atoms with Gasteiger partial charge in [0.1, 0.15) is 0 Å². The molecule has 0 radical (unpaired) electrons. The quantitative estimate of drug-likeness (QED) is 0.136. The predicted molar refractivity (Wildman–Crippen MR) is 313 cm³/mol. The summed E-state index contributed by atoms with van der Waals surface area (Å²) in [5, 5.41) is 7.17. The highest BCUT2D eigenvalue weighted by Gasteiger charge is 2.22. The average Bonchev–Trinajstić information content (AvgIpc) is 3.99. The molecule has 2 aromatic heterocycles. The minimum absolute atomic E-state index is 1.10. The molecule has 4 nitrogen and oxygen atoms in total. The van der Waals surface area contributed by atoms with Crippen molar-refractivity contribution in [3.63, 3.8) is 0 Å². The standard InChI is InChI=1S/C70H48N4/c1-5-19-49(20-6-1)51-33-37-55(38-34-51)71(53-23-9-3-10-24-53)57-41-43-69-63(47-57)61-29-15-17-31-65(61)73(69)67-45-46-68(60-28-14-13-27-59(60)67)74-66-32-18-16-30-62(66)64-48-58(42-44-70(64)74)72(54-25-11-4-12-26-54)56-39-35-52(36-40-56)50-21-7-2-8-22-50/h1-48H. The van der Waals surface area contributed by atoms with Gasteiger partial charge < -0.3 is 18.9 Å². The molecule has 0 aliphatic rings. The number of benzene rings is 12. The van der Waals surface area contributed by atoms with Crippen LogP contribution in [0.4, 0.5) is 34.1 Å². The number of aromatic nitrogens is 2. The Kier molecular flexibility index (Phi) is 10.5. The number of anilines is 6. The zero-order valence-electron chi connectivity index (χ0n) is 40.5. The second-order valence-corrected chi connectivity index (χ2v) is 18.9. The fraction of sp³-hybridized carbons (Fsp3) is 0. The molecule has 14 aromatic rings. The first-order valence-electron chi connectivity index (χ1n) is 25.3. The van der Waals surface area contributed by atoms with Crippen LogP contribution < -0.4 is 9.80 Å². The Hall–Kier alpha value is -9.90. The fourth-order valence-electron chi connectivity index (χ4n) is 11.3. The molecule has 74 heavy (non-hydrogen) atoms. The summed E-state index contributed by atoms with van der Waals surface area (Å²) < 4.78 is 4.93. The summed E-state index contributed by atoms with van der Waals surface area (Å²) >= 11 is 0. The van der Waals surface area contributed by atoms with E-state index in [4.69, 9.17) is 0 Å². The first-order chi connectivity index (χ1) is 36.7. The van der Waals surface area contributed by atoms with Crippen LogP contribution in [0.3, 0.4) is 0 Å². The molecule has 0 saturated heterocycles. The molecule has 0 aliphatic carbocycles. The van der Waals surface area contributed by atoms with E-state index in [1.54, 1.807) is 0 Å². The third-order valence-electron chi connectivity index (χ3n) is 14.7. The number of nitrogens with zero attached hydrogens (tertiary/aromatic N) is 4. The molecule has 0 N–H and O–H groups in total. The third kappa shape index (κ3) is 7.31. The predicted octanol–water partition coefficient (Wildman–Crippen LogP) is 19.3. The van der Waals surface area contributed by atoms with Crippen LogP contribution in [0.25, 0.3) is 88.0 Å². The number of rotatable bonds is 10. The number of hydrogen-bond donors (Lipinski definition) is 0. The molecule has 0 fully saturated rings. The Balaban J connectivity index is 0.898. The maximum absolute atomic E-state index is 2.46. The monoisotopic (exact) mass is 944 g/mol. The third-order valence-corrected chi connectivity index (χ3v) is 14.7. The maximum atomic E-state index is 2.46. The van der Waals surface area contributed by atoms with Gasteiger partial charge in [0.15, 0.2) is 0 Å². The molecule has 14 rings (SSSR count). The molecule has 0 bridgehead atoms. The first kappa shape index (κ1) is 42.9. The van der Waals surface area contributed by atoms with Gasteiger partial charge >= 0.3 is 0 Å². The van der Waals surface area contributed by atoms with Crippen LogP contribution in [-0.4, -0.2) is 9.13 Å². The summed E-state index contributed by atoms with van der Waals surface area (Å²) in [6, 6.07) is 106. The highest BCUT2D eigenvalue weighted by atomic mass is 15.1. The van der Waals surface area contributed by atoms with E-state index >= 15 is 0 Å². The van der Waals surface area contributed by atoms with E-state index in [9.17, 15) is 0 Å². The molecule has 12 aromatic carbocycles. The Bertz CT molecular complexity index is 4050. The number of para-hydroxylation sites is 4. The van der Waals surface area contributed by atoms with E-state index in [0.717, 1.165) is 67.6 Å². The van der Waals surface area contributed by atoms with Gasteiger partial charge in [-0.3, -0.25) is 0 Å². The number of hydrogen-bond acceptors (Lipinski definition) is 2. The molecule has 0 unspecified atom stereocenters. The molecular formula is C70H48N4. The minimum atomic E-state index is 1.10. The molecule has 0 saturated carbocycles. The summed E-state index contributed by atoms with van der Waals surface area (Å²) in [7, 11) is 0. The van der Waals surface area contributed by atoms with Crippen LogP contribution in [0.1, 0.15) is 0 Å². The van der Waals surface area contributed by atoms with E-state index in [2.05, 4.69) is 310 Å². The smallest absolute Gasteiger partial charge is 0.0542 e. The van der Waals surface area contributed by atoms with Crippen LogP contribution >= 0.6 is 0 Å². The van der Waals surface area contributed by atoms with Crippen molar-refractivity contribution in [2.24, 2.45) is 0 Å². The second kappa shape index (κ2) is 18.1. The highest BCUT2D eigenvalue weighted by Crippen LogP contribution is 2.44. The van der Waals surface area contributed by atoms with Crippen LogP contribution in [0.15, 0.2) is 291 Å². The topological polar surface area (TPSA) is 16.3 Å². The van der Waals surface area contributed by atoms with E-state index < -0.39 is 0 Å². The Morgan fingerprint density at radius 3 is 0.865 bits per heavy atom. The van der Waals surface area contributed by atoms with Gasteiger partial charge in [-0.1, -0.05) is 182 Å². The van der Waals surface area contributed by atoms with Crippen molar-refractivity contribution in [1.82, 2.24) is 9.13 Å². The van der Waals surface area contributed by atoms with Crippen molar-refractivity contribution in [2.45, 2.75) is 0 Å². The molecule has 2 heterocycles. The summed E-state index contributed by atoms with van der Waals surface area (Å²) in [5.41, 5.74) is 18.3. The zero-order chi connectivity index (χ0) is 49.0. The lowest BCUT2D eigenvalue weighted by Gasteiger charge is -2.26. The maximum Gasteiger partial charge on any atom is 0.0542 e. The zero-order valence-corrected chi connectivity index (χ0v) is 40.5. The van der Waals surface area contributed by atoms with Gasteiger partial charge in [-0.25, -0.2) is 0 Å². The van der Waals surface area contributed by atoms with Crippen molar-refractivity contribution in [2.75, 3.05) is 9.80 Å². The SMILES string of the molecule is c1ccc(-c2ccc(N(c3ccccc3)c3ccc4c(c3)c3ccccc3n4-c3ccc(-n4c5ccccc5c5cc(N(c6ccccc6)c6ccc(-c7ccccc7)cc6)ccc54)c4ccccc34)cc2)cc1. The van der Waals surface area contributed by atoms with Crippen molar-refractivity contribution in [3.05, 3.63) is 291 Å². The van der Waals surface area contributed by atoms with Crippen molar-refractivity contribution in [1.29, 1.82) is 0 Å². The molecule has 348 valence electrons. The normalized spacial score (nSPS) is 11.5. The molecular weight excluding hydrogens is 897 g/mol. The van der Waals surface area contributed by atoms with Gasteiger partial charge in [0.2, 0.25) is 0 Å². The molecule has 0 atom stereocenters. The van der Waals surface area contributed by atoms with Gasteiger partial charge in [0.25, 0.3) is 0 Å². The Morgan fingerprint density at radius 1 is 0.189 bits per heavy atom. The minimum Gasteiger partial charge on any atom is -0.310 e. The second-order valence-electron chi connectivity index (χ2n) is 18.9. The van der Waals surface area contributed by atoms with Crippen molar-refractivity contribution < 1.29 is 0 Å². The van der Waals surface area contributed by atoms with Crippen molar-refractivity contribution in [3.8, 4) is 33.6 Å². The van der Waals surface area contributed by atoms with Gasteiger partial charge in [-0.05, 0) is 131 Å². The Morgan fingerprint density at radius 2 is 0.473 bits per heavy atom. The average molecular weight is 945 g/mol. The molecule has 0 aliphatic heterocycles. The van der Waals surface area contributed by atoms with E-state index in [0.29, 0.717) is 0 Å². The summed E-state index contributed by atoms with van der Waals surface area (Å²) in [6.45, 7) is 0. The van der Waals surface area contributed by atoms with E-state index in [-0.39, 0.29) is 0 Å². The van der Waals surface area contributed by atoms with Gasteiger partial charge in [-0.15, -0.1) is 0 Å². The Labute approximate surface area is 430 Å². The molecule has 0 spiro atoms. The number of fused-ring (bicyclic) bond motifs is 7. The van der Waals surface area contributed by atoms with E-state index in [1.165, 1.54) is 54.6 Å². The van der Waals surface area contributed by atoms with E-state index in [1.807, 2.05) is 0 Å². The molecule has 4 heteroatoms. The van der Waals surface area contributed by atoms with Gasteiger partial charge in [0.05, 0.1) is 33.4 Å². The van der Waals surface area contributed by atoms with Crippen LogP contribution in [0.2, 0.25) is 0 Å². The van der Waals surface area contributed by atoms with Crippen LogP contribution in [-0.2, 0) is 0 Å². The van der Waals surface area contributed by atoms with Crippen LogP contribution in [0.5, 0.6) is 0 Å². The fourth-order valence-corrected chi connectivity index (χ4v) is 11.3. The lowest BCUT2D eigenvalue weighted by atomic mass is 10.0. The lowest BCUT2D eigenvalue weighted by Crippen LogP contribution is -2.09. The van der Waals surface area contributed by atoms with Crippen LogP contribution in [0, 0.1) is 0 Å². The molecule has 0 amide bonds. The largest absolute Gasteiger partial charge is 0.310 e. The summed E-state index contributed by atoms with van der Waals surface area (Å²) in [4.78, 5) is 4.73.